The van der Waals surface area contributed by atoms with Gasteiger partial charge in [-0.3, -0.25) is 0 Å². The number of carbonyl (C=O) groups excluding carboxylic acids is 1. The van der Waals surface area contributed by atoms with Gasteiger partial charge in [-0.2, -0.15) is 0 Å². The Kier molecular flexibility index (Phi) is 4.48. The highest BCUT2D eigenvalue weighted by molar-refractivity contribution is 7.22. The van der Waals surface area contributed by atoms with E-state index >= 15 is 0 Å². The molecular formula is C23H17FN2O2S. The summed E-state index contributed by atoms with van der Waals surface area (Å²) in [5.41, 5.74) is 3.49. The van der Waals surface area contributed by atoms with Crippen LogP contribution in [0.5, 0.6) is 0 Å². The molecule has 4 aromatic rings. The fourth-order valence-corrected chi connectivity index (χ4v) is 4.35. The Morgan fingerprint density at radius 2 is 1.72 bits per heavy atom. The van der Waals surface area contributed by atoms with Crippen molar-refractivity contribution in [1.29, 1.82) is 0 Å². The van der Waals surface area contributed by atoms with Crippen LogP contribution in [0.3, 0.4) is 0 Å². The molecule has 1 fully saturated rings. The lowest BCUT2D eigenvalue weighted by molar-refractivity contribution is 0.0234. The molecule has 1 saturated heterocycles. The van der Waals surface area contributed by atoms with Crippen LogP contribution in [0.15, 0.2) is 72.8 Å². The highest BCUT2D eigenvalue weighted by Crippen LogP contribution is 2.32. The van der Waals surface area contributed by atoms with E-state index in [1.54, 1.807) is 18.2 Å². The number of hydrogen-bond donors (Lipinski definition) is 0. The molecule has 1 aromatic heterocycles. The lowest BCUT2D eigenvalue weighted by Gasteiger charge is -2.38. The quantitative estimate of drug-likeness (QED) is 0.441. The summed E-state index contributed by atoms with van der Waals surface area (Å²) in [6.07, 6.45) is -0.167. The van der Waals surface area contributed by atoms with Gasteiger partial charge >= 0.3 is 5.97 Å². The van der Waals surface area contributed by atoms with E-state index in [0.29, 0.717) is 18.7 Å². The lowest BCUT2D eigenvalue weighted by atomic mass is 10.0. The van der Waals surface area contributed by atoms with Crippen LogP contribution in [0.25, 0.3) is 21.3 Å². The van der Waals surface area contributed by atoms with Crippen molar-refractivity contribution in [1.82, 2.24) is 4.98 Å². The maximum absolute atomic E-state index is 13.3. The number of carbonyl (C=O) groups is 1. The Balaban J connectivity index is 1.20. The van der Waals surface area contributed by atoms with E-state index in [9.17, 15) is 9.18 Å². The molecule has 144 valence electrons. The average molecular weight is 404 g/mol. The molecule has 0 amide bonds. The largest absolute Gasteiger partial charge is 0.455 e. The Labute approximate surface area is 171 Å². The normalized spacial score (nSPS) is 14.0. The van der Waals surface area contributed by atoms with Gasteiger partial charge in [-0.05, 0) is 41.5 Å². The van der Waals surface area contributed by atoms with E-state index in [0.717, 1.165) is 26.5 Å². The van der Waals surface area contributed by atoms with Gasteiger partial charge in [-0.1, -0.05) is 53.8 Å². The Bertz CT molecular complexity index is 1170. The van der Waals surface area contributed by atoms with Crippen LogP contribution >= 0.6 is 11.3 Å². The third-order valence-corrected chi connectivity index (χ3v) is 6.04. The number of ether oxygens (including phenoxy) is 1. The molecule has 29 heavy (non-hydrogen) atoms. The lowest BCUT2D eigenvalue weighted by Crippen LogP contribution is -2.53. The minimum Gasteiger partial charge on any atom is -0.455 e. The highest BCUT2D eigenvalue weighted by Gasteiger charge is 2.32. The van der Waals surface area contributed by atoms with E-state index < -0.39 is 0 Å². The van der Waals surface area contributed by atoms with Gasteiger partial charge in [0.05, 0.1) is 28.9 Å². The molecule has 0 radical (unpaired) electrons. The van der Waals surface area contributed by atoms with Crippen LogP contribution in [0.2, 0.25) is 0 Å². The van der Waals surface area contributed by atoms with Crippen molar-refractivity contribution < 1.29 is 13.9 Å². The van der Waals surface area contributed by atoms with Gasteiger partial charge in [-0.25, -0.2) is 14.2 Å². The van der Waals surface area contributed by atoms with E-state index in [1.807, 2.05) is 47.4 Å². The summed E-state index contributed by atoms with van der Waals surface area (Å²) in [6, 6.07) is 22.1. The van der Waals surface area contributed by atoms with Gasteiger partial charge in [0, 0.05) is 0 Å². The molecule has 4 nitrogen and oxygen atoms in total. The Hall–Kier alpha value is -3.25. The van der Waals surface area contributed by atoms with Gasteiger partial charge < -0.3 is 9.64 Å². The zero-order chi connectivity index (χ0) is 19.8. The van der Waals surface area contributed by atoms with Crippen molar-refractivity contribution in [3.63, 3.8) is 0 Å². The first kappa shape index (κ1) is 17.8. The van der Waals surface area contributed by atoms with Crippen LogP contribution in [0.4, 0.5) is 9.52 Å². The molecule has 3 aromatic carbocycles. The maximum Gasteiger partial charge on any atom is 0.338 e. The van der Waals surface area contributed by atoms with Crippen molar-refractivity contribution >= 4 is 32.7 Å². The standard InChI is InChI=1S/C23H17FN2O2S/c24-18-10-11-20-21(12-18)29-23(25-20)26-13-19(14-26)28-22(27)17-8-6-16(7-9-17)15-4-2-1-3-5-15/h1-12,19H,13-14H2. The van der Waals surface area contributed by atoms with E-state index in [1.165, 1.54) is 23.5 Å². The van der Waals surface area contributed by atoms with Gasteiger partial charge in [0.2, 0.25) is 0 Å². The summed E-state index contributed by atoms with van der Waals surface area (Å²) in [5, 5.41) is 0.824. The second-order valence-electron chi connectivity index (χ2n) is 6.98. The number of halogens is 1. The molecule has 0 unspecified atom stereocenters. The van der Waals surface area contributed by atoms with Crippen LogP contribution in [0.1, 0.15) is 10.4 Å². The third kappa shape index (κ3) is 3.59. The molecule has 1 aliphatic heterocycles. The van der Waals surface area contributed by atoms with Crippen LogP contribution in [-0.4, -0.2) is 30.1 Å². The van der Waals surface area contributed by atoms with Gasteiger partial charge in [-0.15, -0.1) is 0 Å². The van der Waals surface area contributed by atoms with Gasteiger partial charge in [0.1, 0.15) is 11.9 Å². The van der Waals surface area contributed by atoms with Crippen molar-refractivity contribution in [2.24, 2.45) is 0 Å². The topological polar surface area (TPSA) is 42.4 Å². The number of benzene rings is 3. The SMILES string of the molecule is O=C(OC1CN(c2nc3ccc(F)cc3s2)C1)c1ccc(-c2ccccc2)cc1. The molecule has 1 aliphatic rings. The molecule has 0 saturated carbocycles. The van der Waals surface area contributed by atoms with E-state index in [-0.39, 0.29) is 17.9 Å². The molecule has 0 atom stereocenters. The number of esters is 1. The highest BCUT2D eigenvalue weighted by atomic mass is 32.1. The number of nitrogens with zero attached hydrogens (tertiary/aromatic N) is 2. The molecule has 0 aliphatic carbocycles. The number of rotatable bonds is 4. The van der Waals surface area contributed by atoms with Crippen molar-refractivity contribution in [3.8, 4) is 11.1 Å². The first-order valence-corrected chi connectivity index (χ1v) is 10.1. The average Bonchev–Trinajstić information content (AvgIpc) is 3.13. The summed E-state index contributed by atoms with van der Waals surface area (Å²) in [6.45, 7) is 1.19. The number of hydrogen-bond acceptors (Lipinski definition) is 5. The van der Waals surface area contributed by atoms with E-state index in [4.69, 9.17) is 4.74 Å². The Morgan fingerprint density at radius 1 is 1.00 bits per heavy atom. The summed E-state index contributed by atoms with van der Waals surface area (Å²) >= 11 is 1.45. The molecular weight excluding hydrogens is 387 g/mol. The van der Waals surface area contributed by atoms with Crippen LogP contribution < -0.4 is 4.90 Å². The zero-order valence-electron chi connectivity index (χ0n) is 15.4. The number of anilines is 1. The van der Waals surface area contributed by atoms with Crippen LogP contribution in [0, 0.1) is 5.82 Å². The van der Waals surface area contributed by atoms with E-state index in [2.05, 4.69) is 4.98 Å². The fourth-order valence-electron chi connectivity index (χ4n) is 3.34. The Morgan fingerprint density at radius 3 is 2.48 bits per heavy atom. The summed E-state index contributed by atoms with van der Waals surface area (Å²) in [5.74, 6) is -0.581. The van der Waals surface area contributed by atoms with Crippen molar-refractivity contribution in [2.75, 3.05) is 18.0 Å². The van der Waals surface area contributed by atoms with Crippen molar-refractivity contribution in [2.45, 2.75) is 6.10 Å². The fraction of sp³-hybridized carbons (Fsp3) is 0.130. The molecule has 2 heterocycles. The van der Waals surface area contributed by atoms with Crippen molar-refractivity contribution in [3.05, 3.63) is 84.2 Å². The number of fused-ring (bicyclic) bond motifs is 1. The number of aromatic nitrogens is 1. The first-order chi connectivity index (χ1) is 14.2. The molecule has 0 spiro atoms. The van der Waals surface area contributed by atoms with Crippen LogP contribution in [-0.2, 0) is 4.74 Å². The summed E-state index contributed by atoms with van der Waals surface area (Å²) < 4.78 is 19.8. The summed E-state index contributed by atoms with van der Waals surface area (Å²) in [7, 11) is 0. The minimum atomic E-state index is -0.319. The van der Waals surface area contributed by atoms with Gasteiger partial charge in [0.15, 0.2) is 5.13 Å². The van der Waals surface area contributed by atoms with Gasteiger partial charge in [0.25, 0.3) is 0 Å². The summed E-state index contributed by atoms with van der Waals surface area (Å²) in [4.78, 5) is 19.0. The minimum absolute atomic E-state index is 0.167. The zero-order valence-corrected chi connectivity index (χ0v) is 16.2. The first-order valence-electron chi connectivity index (χ1n) is 9.33. The second-order valence-corrected chi connectivity index (χ2v) is 7.99. The second kappa shape index (κ2) is 7.29. The molecule has 5 rings (SSSR count). The smallest absolute Gasteiger partial charge is 0.338 e. The number of thiazole rings is 1. The molecule has 6 heteroatoms. The predicted molar refractivity (Wildman–Crippen MR) is 113 cm³/mol. The predicted octanol–water partition coefficient (Wildman–Crippen LogP) is 5.15. The third-order valence-electron chi connectivity index (χ3n) is 4.96. The monoisotopic (exact) mass is 404 g/mol. The molecule has 0 bridgehead atoms. The maximum atomic E-state index is 13.3. The molecule has 0 N–H and O–H groups in total.